The van der Waals surface area contributed by atoms with E-state index in [1.807, 2.05) is 13.0 Å². The molecule has 2 nitrogen and oxygen atoms in total. The smallest absolute Gasteiger partial charge is 0.220 e. The number of pyridine rings is 1. The molecule has 3 heteroatoms. The number of nitrogens with zero attached hydrogens (tertiary/aromatic N) is 1. The van der Waals surface area contributed by atoms with Gasteiger partial charge < -0.3 is 5.11 Å². The second-order valence-electron chi connectivity index (χ2n) is 10.3. The van der Waals surface area contributed by atoms with E-state index in [0.717, 1.165) is 49.7 Å². The Hall–Kier alpha value is -1.48. The average Bonchev–Trinajstić information content (AvgIpc) is 3.01. The number of rotatable bonds is 1. The van der Waals surface area contributed by atoms with Crippen molar-refractivity contribution in [2.45, 2.75) is 71.8 Å². The highest BCUT2D eigenvalue weighted by Crippen LogP contribution is 2.66. The summed E-state index contributed by atoms with van der Waals surface area (Å²) in [5.74, 6) is 1.63. The number of fused-ring (bicyclic) bond motifs is 5. The van der Waals surface area contributed by atoms with Crippen molar-refractivity contribution in [1.29, 1.82) is 0 Å². The van der Waals surface area contributed by atoms with E-state index in [1.165, 1.54) is 17.6 Å². The Morgan fingerprint density at radius 3 is 2.68 bits per heavy atom. The van der Waals surface area contributed by atoms with E-state index in [-0.39, 0.29) is 22.9 Å². The molecule has 0 aromatic carbocycles. The quantitative estimate of drug-likeness (QED) is 0.489. The number of hydrogen-bond donors (Lipinski definition) is 1. The van der Waals surface area contributed by atoms with Gasteiger partial charge in [0.25, 0.3) is 0 Å². The van der Waals surface area contributed by atoms with Crippen molar-refractivity contribution < 1.29 is 9.50 Å². The number of aliphatic hydroxyl groups excluding tert-OH is 1. The Labute approximate surface area is 168 Å². The lowest BCUT2D eigenvalue weighted by molar-refractivity contribution is -0.0238. The van der Waals surface area contributed by atoms with Crippen LogP contribution in [0.1, 0.15) is 69.9 Å². The molecular formula is C25H32FNO. The number of aliphatic hydroxyl groups is 1. The molecule has 2 saturated carbocycles. The summed E-state index contributed by atoms with van der Waals surface area (Å²) >= 11 is 0. The van der Waals surface area contributed by atoms with E-state index < -0.39 is 0 Å². The van der Waals surface area contributed by atoms with Crippen molar-refractivity contribution in [3.63, 3.8) is 0 Å². The van der Waals surface area contributed by atoms with Crippen LogP contribution < -0.4 is 0 Å². The highest BCUT2D eigenvalue weighted by Gasteiger charge is 2.57. The van der Waals surface area contributed by atoms with Crippen molar-refractivity contribution in [3.8, 4) is 0 Å². The van der Waals surface area contributed by atoms with Crippen LogP contribution in [-0.2, 0) is 0 Å². The maximum Gasteiger partial charge on any atom is 0.220 e. The lowest BCUT2D eigenvalue weighted by Gasteiger charge is -2.57. The van der Waals surface area contributed by atoms with Gasteiger partial charge in [-0.05, 0) is 97.7 Å². The minimum atomic E-state index is -0.320. The van der Waals surface area contributed by atoms with E-state index in [4.69, 9.17) is 0 Å². The van der Waals surface area contributed by atoms with Crippen LogP contribution in [0.4, 0.5) is 4.39 Å². The van der Waals surface area contributed by atoms with Crippen LogP contribution in [-0.4, -0.2) is 16.2 Å². The lowest BCUT2D eigenvalue weighted by Crippen LogP contribution is -2.49. The van der Waals surface area contributed by atoms with Gasteiger partial charge in [0.2, 0.25) is 5.95 Å². The Morgan fingerprint density at radius 2 is 1.86 bits per heavy atom. The third-order valence-corrected chi connectivity index (χ3v) is 8.92. The highest BCUT2D eigenvalue weighted by molar-refractivity contribution is 5.73. The first-order valence-electron chi connectivity index (χ1n) is 11.0. The van der Waals surface area contributed by atoms with Crippen LogP contribution in [0, 0.1) is 41.5 Å². The van der Waals surface area contributed by atoms with Crippen LogP contribution in [0.2, 0.25) is 0 Å². The van der Waals surface area contributed by atoms with Gasteiger partial charge in [0.1, 0.15) is 0 Å². The Kier molecular flexibility index (Phi) is 4.14. The molecule has 0 saturated heterocycles. The normalized spacial score (nSPS) is 42.2. The van der Waals surface area contributed by atoms with E-state index in [2.05, 4.69) is 31.0 Å². The summed E-state index contributed by atoms with van der Waals surface area (Å²) in [5, 5.41) is 10.2. The zero-order chi connectivity index (χ0) is 19.7. The molecule has 28 heavy (non-hydrogen) atoms. The minimum Gasteiger partial charge on any atom is -0.393 e. The molecule has 0 aliphatic heterocycles. The van der Waals surface area contributed by atoms with Gasteiger partial charge in [0.15, 0.2) is 0 Å². The summed E-state index contributed by atoms with van der Waals surface area (Å²) in [4.78, 5) is 4.00. The predicted octanol–water partition coefficient (Wildman–Crippen LogP) is 5.85. The van der Waals surface area contributed by atoms with Gasteiger partial charge in [-0.3, -0.25) is 0 Å². The number of hydrogen-bond acceptors (Lipinski definition) is 2. The first-order valence-corrected chi connectivity index (χ1v) is 11.0. The molecule has 0 radical (unpaired) electrons. The predicted molar refractivity (Wildman–Crippen MR) is 110 cm³/mol. The lowest BCUT2D eigenvalue weighted by atomic mass is 9.47. The fourth-order valence-corrected chi connectivity index (χ4v) is 7.37. The van der Waals surface area contributed by atoms with Crippen LogP contribution in [0.15, 0.2) is 30.0 Å². The zero-order valence-electron chi connectivity index (χ0n) is 17.3. The maximum absolute atomic E-state index is 14.6. The molecule has 0 bridgehead atoms. The first kappa shape index (κ1) is 18.5. The van der Waals surface area contributed by atoms with Crippen molar-refractivity contribution in [2.75, 3.05) is 0 Å². The molecule has 1 heterocycles. The second-order valence-corrected chi connectivity index (χ2v) is 10.3. The molecule has 150 valence electrons. The van der Waals surface area contributed by atoms with Gasteiger partial charge >= 0.3 is 0 Å². The Morgan fingerprint density at radius 1 is 1.07 bits per heavy atom. The third kappa shape index (κ3) is 2.51. The molecule has 0 spiro atoms. The minimum absolute atomic E-state index is 0.0490. The van der Waals surface area contributed by atoms with Crippen LogP contribution in [0.25, 0.3) is 5.57 Å². The molecule has 1 N–H and O–H groups in total. The summed E-state index contributed by atoms with van der Waals surface area (Å²) in [5.41, 5.74) is 4.76. The fourth-order valence-electron chi connectivity index (χ4n) is 7.37. The largest absolute Gasteiger partial charge is 0.393 e. The number of halogens is 1. The molecular weight excluding hydrogens is 349 g/mol. The second kappa shape index (κ2) is 6.26. The van der Waals surface area contributed by atoms with Gasteiger partial charge in [-0.2, -0.15) is 4.39 Å². The molecule has 0 amide bonds. The van der Waals surface area contributed by atoms with E-state index in [1.54, 1.807) is 6.20 Å². The van der Waals surface area contributed by atoms with Gasteiger partial charge in [0.05, 0.1) is 6.10 Å². The molecule has 3 unspecified atom stereocenters. The molecule has 5 rings (SSSR count). The average molecular weight is 382 g/mol. The number of allylic oxidation sites excluding steroid dienone is 3. The highest BCUT2D eigenvalue weighted by atomic mass is 19.1. The summed E-state index contributed by atoms with van der Waals surface area (Å²) in [7, 11) is 0. The zero-order valence-corrected chi connectivity index (χ0v) is 17.3. The molecule has 6 atom stereocenters. The Bertz CT molecular complexity index is 873. The summed E-state index contributed by atoms with van der Waals surface area (Å²) in [6.07, 6.45) is 13.7. The number of aromatic nitrogens is 1. The summed E-state index contributed by atoms with van der Waals surface area (Å²) < 4.78 is 14.6. The Balaban J connectivity index is 1.49. The topological polar surface area (TPSA) is 33.1 Å². The van der Waals surface area contributed by atoms with E-state index in [0.29, 0.717) is 17.8 Å². The molecule has 4 aliphatic carbocycles. The molecule has 1 aromatic rings. The molecule has 2 fully saturated rings. The van der Waals surface area contributed by atoms with Crippen LogP contribution in [0.5, 0.6) is 0 Å². The van der Waals surface area contributed by atoms with Crippen LogP contribution in [0.3, 0.4) is 0 Å². The van der Waals surface area contributed by atoms with Gasteiger partial charge in [-0.1, -0.05) is 31.6 Å². The van der Waals surface area contributed by atoms with Crippen molar-refractivity contribution >= 4 is 5.57 Å². The fraction of sp³-hybridized carbons (Fsp3) is 0.640. The van der Waals surface area contributed by atoms with Gasteiger partial charge in [0, 0.05) is 11.8 Å². The third-order valence-electron chi connectivity index (χ3n) is 8.92. The van der Waals surface area contributed by atoms with E-state index >= 15 is 0 Å². The molecule has 1 aromatic heterocycles. The van der Waals surface area contributed by atoms with E-state index in [9.17, 15) is 9.50 Å². The summed E-state index contributed by atoms with van der Waals surface area (Å²) in [6, 6.07) is 1.98. The monoisotopic (exact) mass is 381 g/mol. The van der Waals surface area contributed by atoms with Crippen molar-refractivity contribution in [2.24, 2.45) is 28.6 Å². The van der Waals surface area contributed by atoms with Crippen LogP contribution >= 0.6 is 0 Å². The molecule has 4 aliphatic rings. The van der Waals surface area contributed by atoms with Crippen molar-refractivity contribution in [1.82, 2.24) is 4.98 Å². The first-order chi connectivity index (χ1) is 13.3. The van der Waals surface area contributed by atoms with Gasteiger partial charge in [-0.25, -0.2) is 4.98 Å². The maximum atomic E-state index is 14.6. The van der Waals surface area contributed by atoms with Gasteiger partial charge in [-0.15, -0.1) is 0 Å². The SMILES string of the molecule is Cc1cnc(F)c(C2=CCC3C4CC=C5C[C@@H](O)CC[C@]5(C)C4CC[C@]23C)c1. The standard InChI is InChI=1S/C25H32FNO/c1-15-12-19(23(26)27-14-15)21-7-6-20-18-5-4-16-13-17(28)8-10-24(16,2)22(18)9-11-25(20,21)3/h4,7,12,14,17-18,20,22,28H,5-6,8-11,13H2,1-3H3/t17-,18?,20?,22?,24-,25-/m0/s1. The number of aryl methyl sites for hydroxylation is 1. The summed E-state index contributed by atoms with van der Waals surface area (Å²) in [6.45, 7) is 6.83. The van der Waals surface area contributed by atoms with Crippen molar-refractivity contribution in [3.05, 3.63) is 47.1 Å².